The van der Waals surface area contributed by atoms with Gasteiger partial charge in [0.25, 0.3) is 0 Å². The second-order valence-corrected chi connectivity index (χ2v) is 2.30. The summed E-state index contributed by atoms with van der Waals surface area (Å²) in [5.41, 5.74) is 0. The Labute approximate surface area is 58.5 Å². The summed E-state index contributed by atoms with van der Waals surface area (Å²) in [6, 6.07) is -0.419. The van der Waals surface area contributed by atoms with E-state index in [2.05, 4.69) is 10.1 Å². The van der Waals surface area contributed by atoms with Gasteiger partial charge in [0.2, 0.25) is 5.91 Å². The molecule has 4 nitrogen and oxygen atoms in total. The molecule has 1 rings (SSSR count). The molecule has 4 heteroatoms. The molecular formula is C6H9NO3. The number of methoxy groups -OCH3 is 1. The van der Waals surface area contributed by atoms with Crippen molar-refractivity contribution in [2.24, 2.45) is 5.92 Å². The van der Waals surface area contributed by atoms with Gasteiger partial charge < -0.3 is 10.1 Å². The van der Waals surface area contributed by atoms with Crippen LogP contribution in [0.5, 0.6) is 0 Å². The summed E-state index contributed by atoms with van der Waals surface area (Å²) in [5, 5.41) is 2.43. The zero-order valence-corrected chi connectivity index (χ0v) is 5.88. The van der Waals surface area contributed by atoms with Gasteiger partial charge in [0.1, 0.15) is 6.04 Å². The first-order chi connectivity index (χ1) is 4.66. The molecular weight excluding hydrogens is 134 g/mol. The number of hydrogen-bond donors (Lipinski definition) is 1. The molecule has 0 aromatic rings. The fourth-order valence-corrected chi connectivity index (χ4v) is 0.855. The van der Waals surface area contributed by atoms with E-state index in [4.69, 9.17) is 0 Å². The van der Waals surface area contributed by atoms with Crippen LogP contribution in [-0.2, 0) is 14.3 Å². The normalized spacial score (nSPS) is 30.4. The summed E-state index contributed by atoms with van der Waals surface area (Å²) in [5.74, 6) is -0.685. The van der Waals surface area contributed by atoms with E-state index in [9.17, 15) is 9.59 Å². The lowest BCUT2D eigenvalue weighted by molar-refractivity contribution is -0.154. The van der Waals surface area contributed by atoms with Crippen molar-refractivity contribution in [3.63, 3.8) is 0 Å². The monoisotopic (exact) mass is 143 g/mol. The van der Waals surface area contributed by atoms with E-state index in [0.717, 1.165) is 0 Å². The van der Waals surface area contributed by atoms with Gasteiger partial charge in [-0.25, -0.2) is 4.79 Å². The number of rotatable bonds is 1. The molecule has 2 atom stereocenters. The van der Waals surface area contributed by atoms with Gasteiger partial charge in [-0.3, -0.25) is 4.79 Å². The SMILES string of the molecule is COC(=O)C1NC(=O)C1C. The molecule has 1 amide bonds. The van der Waals surface area contributed by atoms with Gasteiger partial charge in [-0.05, 0) is 0 Å². The molecule has 1 aliphatic rings. The summed E-state index contributed by atoms with van der Waals surface area (Å²) in [6.07, 6.45) is 0. The van der Waals surface area contributed by atoms with E-state index in [-0.39, 0.29) is 17.8 Å². The van der Waals surface area contributed by atoms with Crippen molar-refractivity contribution in [2.75, 3.05) is 7.11 Å². The maximum Gasteiger partial charge on any atom is 0.329 e. The molecule has 1 N–H and O–H groups in total. The zero-order chi connectivity index (χ0) is 7.72. The summed E-state index contributed by atoms with van der Waals surface area (Å²) in [7, 11) is 1.31. The third kappa shape index (κ3) is 0.853. The number of amides is 1. The second-order valence-electron chi connectivity index (χ2n) is 2.30. The van der Waals surface area contributed by atoms with Crippen LogP contribution < -0.4 is 5.32 Å². The number of ether oxygens (including phenoxy) is 1. The van der Waals surface area contributed by atoms with Crippen LogP contribution in [0.4, 0.5) is 0 Å². The summed E-state index contributed by atoms with van der Waals surface area (Å²) in [6.45, 7) is 1.69. The van der Waals surface area contributed by atoms with Gasteiger partial charge in [-0.1, -0.05) is 6.92 Å². The van der Waals surface area contributed by atoms with Gasteiger partial charge in [0.15, 0.2) is 0 Å². The lowest BCUT2D eigenvalue weighted by Crippen LogP contribution is -2.60. The Morgan fingerprint density at radius 3 is 2.60 bits per heavy atom. The minimum Gasteiger partial charge on any atom is -0.467 e. The fourth-order valence-electron chi connectivity index (χ4n) is 0.855. The summed E-state index contributed by atoms with van der Waals surface area (Å²) >= 11 is 0. The average molecular weight is 143 g/mol. The van der Waals surface area contributed by atoms with Crippen LogP contribution in [0, 0.1) is 5.92 Å². The van der Waals surface area contributed by atoms with E-state index < -0.39 is 6.04 Å². The van der Waals surface area contributed by atoms with Crippen molar-refractivity contribution in [3.05, 3.63) is 0 Å². The van der Waals surface area contributed by atoms with E-state index in [1.165, 1.54) is 7.11 Å². The van der Waals surface area contributed by atoms with Crippen LogP contribution >= 0.6 is 0 Å². The zero-order valence-electron chi connectivity index (χ0n) is 5.88. The van der Waals surface area contributed by atoms with E-state index in [0.29, 0.717) is 0 Å². The average Bonchev–Trinajstić information content (AvgIpc) is 1.98. The number of nitrogens with one attached hydrogen (secondary N) is 1. The van der Waals surface area contributed by atoms with Crippen LogP contribution in [0.15, 0.2) is 0 Å². The molecule has 1 fully saturated rings. The first kappa shape index (κ1) is 7.05. The van der Waals surface area contributed by atoms with Crippen LogP contribution in [-0.4, -0.2) is 25.0 Å². The van der Waals surface area contributed by atoms with Crippen molar-refractivity contribution in [1.82, 2.24) is 5.32 Å². The molecule has 56 valence electrons. The highest BCUT2D eigenvalue weighted by Crippen LogP contribution is 2.14. The second kappa shape index (κ2) is 2.28. The van der Waals surface area contributed by atoms with E-state index >= 15 is 0 Å². The van der Waals surface area contributed by atoms with Crippen molar-refractivity contribution in [2.45, 2.75) is 13.0 Å². The molecule has 0 aromatic heterocycles. The topological polar surface area (TPSA) is 55.4 Å². The predicted octanol–water partition coefficient (Wildman–Crippen LogP) is -0.706. The Balaban J connectivity index is 2.47. The van der Waals surface area contributed by atoms with E-state index in [1.54, 1.807) is 6.92 Å². The molecule has 0 aliphatic carbocycles. The summed E-state index contributed by atoms with van der Waals surface area (Å²) < 4.78 is 4.42. The van der Waals surface area contributed by atoms with Gasteiger partial charge in [-0.15, -0.1) is 0 Å². The number of carbonyl (C=O) groups excluding carboxylic acids is 2. The Morgan fingerprint density at radius 2 is 2.30 bits per heavy atom. The van der Waals surface area contributed by atoms with Crippen molar-refractivity contribution < 1.29 is 14.3 Å². The largest absolute Gasteiger partial charge is 0.467 e. The fraction of sp³-hybridized carbons (Fsp3) is 0.667. The molecule has 0 saturated carbocycles. The van der Waals surface area contributed by atoms with Gasteiger partial charge in [0, 0.05) is 0 Å². The number of carbonyl (C=O) groups is 2. The smallest absolute Gasteiger partial charge is 0.329 e. The highest BCUT2D eigenvalue weighted by atomic mass is 16.5. The molecule has 1 aliphatic heterocycles. The first-order valence-corrected chi connectivity index (χ1v) is 3.05. The molecule has 10 heavy (non-hydrogen) atoms. The first-order valence-electron chi connectivity index (χ1n) is 3.05. The maximum atomic E-state index is 10.7. The molecule has 1 saturated heterocycles. The van der Waals surface area contributed by atoms with Crippen molar-refractivity contribution in [3.8, 4) is 0 Å². The van der Waals surface area contributed by atoms with Crippen LogP contribution in [0.3, 0.4) is 0 Å². The lowest BCUT2D eigenvalue weighted by Gasteiger charge is -2.31. The third-order valence-electron chi connectivity index (χ3n) is 1.67. The Kier molecular flexibility index (Phi) is 1.61. The van der Waals surface area contributed by atoms with E-state index in [1.807, 2.05) is 0 Å². The molecule has 1 heterocycles. The standard InChI is InChI=1S/C6H9NO3/c1-3-4(6(9)10-2)7-5(3)8/h3-4H,1-2H3,(H,7,8). The van der Waals surface area contributed by atoms with Gasteiger partial charge in [-0.2, -0.15) is 0 Å². The predicted molar refractivity (Wildman–Crippen MR) is 33.1 cm³/mol. The molecule has 0 aromatic carbocycles. The number of esters is 1. The van der Waals surface area contributed by atoms with Crippen LogP contribution in [0.2, 0.25) is 0 Å². The molecule has 0 bridgehead atoms. The third-order valence-corrected chi connectivity index (χ3v) is 1.67. The lowest BCUT2D eigenvalue weighted by atomic mass is 9.93. The van der Waals surface area contributed by atoms with Gasteiger partial charge >= 0.3 is 5.97 Å². The highest BCUT2D eigenvalue weighted by Gasteiger charge is 2.41. The van der Waals surface area contributed by atoms with Crippen LogP contribution in [0.1, 0.15) is 6.92 Å². The molecule has 2 unspecified atom stereocenters. The van der Waals surface area contributed by atoms with Gasteiger partial charge in [0.05, 0.1) is 13.0 Å². The van der Waals surface area contributed by atoms with Crippen molar-refractivity contribution in [1.29, 1.82) is 0 Å². The Morgan fingerprint density at radius 1 is 1.70 bits per heavy atom. The Bertz CT molecular complexity index is 178. The number of β-lactam (4-membered cyclic amide) rings is 1. The highest BCUT2D eigenvalue weighted by molar-refractivity contribution is 5.96. The maximum absolute atomic E-state index is 10.7. The minimum absolute atomic E-state index is 0.0876. The minimum atomic E-state index is -0.419. The quantitative estimate of drug-likeness (QED) is 0.390. The van der Waals surface area contributed by atoms with Crippen molar-refractivity contribution >= 4 is 11.9 Å². The molecule has 0 radical (unpaired) electrons. The van der Waals surface area contributed by atoms with Crippen LogP contribution in [0.25, 0.3) is 0 Å². The number of hydrogen-bond acceptors (Lipinski definition) is 3. The summed E-state index contributed by atoms with van der Waals surface area (Å²) in [4.78, 5) is 21.3. The Hall–Kier alpha value is -1.06. The molecule has 0 spiro atoms.